The van der Waals surface area contributed by atoms with E-state index in [2.05, 4.69) is 22.6 Å². The van der Waals surface area contributed by atoms with Gasteiger partial charge in [0.05, 0.1) is 17.1 Å². The number of carbonyl (C=O) groups excluding carboxylic acids is 1. The Hall–Kier alpha value is -1.95. The van der Waals surface area contributed by atoms with Gasteiger partial charge in [-0.05, 0) is 26.1 Å². The molecule has 0 saturated carbocycles. The van der Waals surface area contributed by atoms with Crippen molar-refractivity contribution in [1.29, 1.82) is 0 Å². The van der Waals surface area contributed by atoms with Gasteiger partial charge >= 0.3 is 0 Å². The maximum absolute atomic E-state index is 11.3. The number of likely N-dealkylation sites (N-methyl/N-ethyl adjacent to an activating group) is 1. The predicted octanol–water partition coefficient (Wildman–Crippen LogP) is 0.716. The highest BCUT2D eigenvalue weighted by Crippen LogP contribution is 2.35. The van der Waals surface area contributed by atoms with E-state index in [1.807, 2.05) is 6.07 Å². The van der Waals surface area contributed by atoms with Crippen molar-refractivity contribution in [2.24, 2.45) is 0 Å². The summed E-state index contributed by atoms with van der Waals surface area (Å²) in [6, 6.07) is 4.00. The fourth-order valence-electron chi connectivity index (χ4n) is 2.54. The first-order valence-corrected chi connectivity index (χ1v) is 6.43. The van der Waals surface area contributed by atoms with Gasteiger partial charge < -0.3 is 26.0 Å². The quantitative estimate of drug-likeness (QED) is 0.684. The molecule has 102 valence electrons. The fourth-order valence-corrected chi connectivity index (χ4v) is 2.54. The van der Waals surface area contributed by atoms with Gasteiger partial charge in [0, 0.05) is 18.7 Å². The summed E-state index contributed by atoms with van der Waals surface area (Å²) < 4.78 is 5.33. The zero-order chi connectivity index (χ0) is 13.4. The number of nitrogens with one attached hydrogen (secondary N) is 2. The van der Waals surface area contributed by atoms with E-state index in [9.17, 15) is 4.79 Å². The monoisotopic (exact) mass is 262 g/mol. The molecular formula is C13H18N4O2. The van der Waals surface area contributed by atoms with Crippen molar-refractivity contribution in [2.75, 3.05) is 43.1 Å². The molecule has 2 aliphatic heterocycles. The molecule has 1 aromatic rings. The van der Waals surface area contributed by atoms with E-state index in [0.717, 1.165) is 25.2 Å². The molecule has 6 nitrogen and oxygen atoms in total. The van der Waals surface area contributed by atoms with Gasteiger partial charge in [0.2, 0.25) is 0 Å². The lowest BCUT2D eigenvalue weighted by Gasteiger charge is -2.22. The van der Waals surface area contributed by atoms with Gasteiger partial charge in [0.25, 0.3) is 5.91 Å². The Balaban J connectivity index is 1.81. The summed E-state index contributed by atoms with van der Waals surface area (Å²) in [7, 11) is 2.10. The molecule has 1 amide bonds. The third-order valence-corrected chi connectivity index (χ3v) is 3.54. The summed E-state index contributed by atoms with van der Waals surface area (Å²) >= 11 is 0. The molecule has 1 unspecified atom stereocenters. The van der Waals surface area contributed by atoms with Crippen LogP contribution in [0.5, 0.6) is 5.75 Å². The van der Waals surface area contributed by atoms with E-state index in [-0.39, 0.29) is 12.5 Å². The third kappa shape index (κ3) is 2.44. The van der Waals surface area contributed by atoms with Gasteiger partial charge in [-0.2, -0.15) is 0 Å². The van der Waals surface area contributed by atoms with Crippen molar-refractivity contribution >= 4 is 23.0 Å². The van der Waals surface area contributed by atoms with Crippen LogP contribution in [0.25, 0.3) is 0 Å². The summed E-state index contributed by atoms with van der Waals surface area (Å²) in [5, 5.41) is 6.22. The largest absolute Gasteiger partial charge is 0.482 e. The Bertz CT molecular complexity index is 518. The molecule has 0 aromatic heterocycles. The maximum Gasteiger partial charge on any atom is 0.262 e. The summed E-state index contributed by atoms with van der Waals surface area (Å²) in [6.45, 7) is 2.13. The topological polar surface area (TPSA) is 79.6 Å². The average molecular weight is 262 g/mol. The Kier molecular flexibility index (Phi) is 2.94. The van der Waals surface area contributed by atoms with Crippen LogP contribution in [0.4, 0.5) is 17.1 Å². The fraction of sp³-hybridized carbons (Fsp3) is 0.462. The SMILES string of the molecule is CN1CCC(Nc2cc3c(cc2N)OCC(=O)N3)C1. The minimum Gasteiger partial charge on any atom is -0.482 e. The van der Waals surface area contributed by atoms with Crippen LogP contribution in [-0.4, -0.2) is 43.6 Å². The average Bonchev–Trinajstić information content (AvgIpc) is 2.76. The molecule has 4 N–H and O–H groups in total. The maximum atomic E-state index is 11.3. The normalized spacial score (nSPS) is 22.6. The molecule has 2 heterocycles. The number of nitrogens with two attached hydrogens (primary N) is 1. The molecule has 1 atom stereocenters. The Labute approximate surface area is 111 Å². The van der Waals surface area contributed by atoms with Crippen LogP contribution in [0.3, 0.4) is 0 Å². The molecule has 19 heavy (non-hydrogen) atoms. The molecule has 0 radical (unpaired) electrons. The summed E-state index contributed by atoms with van der Waals surface area (Å²) in [6.07, 6.45) is 1.09. The molecule has 0 spiro atoms. The minimum atomic E-state index is -0.135. The molecular weight excluding hydrogens is 244 g/mol. The molecule has 0 aliphatic carbocycles. The molecule has 0 bridgehead atoms. The van der Waals surface area contributed by atoms with E-state index >= 15 is 0 Å². The van der Waals surface area contributed by atoms with Gasteiger partial charge in [0.1, 0.15) is 5.75 Å². The summed E-state index contributed by atoms with van der Waals surface area (Å²) in [4.78, 5) is 13.6. The second kappa shape index (κ2) is 4.62. The predicted molar refractivity (Wildman–Crippen MR) is 74.5 cm³/mol. The number of benzene rings is 1. The first-order chi connectivity index (χ1) is 9.11. The van der Waals surface area contributed by atoms with E-state index in [1.165, 1.54) is 0 Å². The van der Waals surface area contributed by atoms with Crippen molar-refractivity contribution in [3.8, 4) is 5.75 Å². The van der Waals surface area contributed by atoms with Crippen LogP contribution in [0.2, 0.25) is 0 Å². The van der Waals surface area contributed by atoms with Crippen molar-refractivity contribution in [1.82, 2.24) is 4.90 Å². The lowest BCUT2D eigenvalue weighted by molar-refractivity contribution is -0.118. The van der Waals surface area contributed by atoms with Crippen molar-refractivity contribution in [3.63, 3.8) is 0 Å². The van der Waals surface area contributed by atoms with Crippen molar-refractivity contribution in [2.45, 2.75) is 12.5 Å². The molecule has 1 fully saturated rings. The van der Waals surface area contributed by atoms with Crippen LogP contribution in [0.15, 0.2) is 12.1 Å². The summed E-state index contributed by atoms with van der Waals surface area (Å²) in [5.41, 5.74) is 8.20. The number of nitrogen functional groups attached to an aromatic ring is 1. The van der Waals surface area contributed by atoms with Crippen LogP contribution >= 0.6 is 0 Å². The molecule has 1 aromatic carbocycles. The van der Waals surface area contributed by atoms with Gasteiger partial charge in [-0.15, -0.1) is 0 Å². The number of carbonyl (C=O) groups is 1. The standard InChI is InChI=1S/C13H18N4O2/c1-17-3-2-8(6-17)15-10-5-11-12(4-9(10)14)19-7-13(18)16-11/h4-5,8,15H,2-3,6-7,14H2,1H3,(H,16,18). The van der Waals surface area contributed by atoms with Crippen LogP contribution in [0.1, 0.15) is 6.42 Å². The Morgan fingerprint density at radius 1 is 1.53 bits per heavy atom. The number of hydrogen-bond donors (Lipinski definition) is 3. The second-order valence-corrected chi connectivity index (χ2v) is 5.16. The highest BCUT2D eigenvalue weighted by Gasteiger charge is 2.22. The van der Waals surface area contributed by atoms with Gasteiger partial charge in [-0.1, -0.05) is 0 Å². The number of nitrogens with zero attached hydrogens (tertiary/aromatic N) is 1. The number of rotatable bonds is 2. The van der Waals surface area contributed by atoms with E-state index < -0.39 is 0 Å². The number of anilines is 3. The number of fused-ring (bicyclic) bond motifs is 1. The van der Waals surface area contributed by atoms with Crippen molar-refractivity contribution < 1.29 is 9.53 Å². The van der Waals surface area contributed by atoms with Gasteiger partial charge in [0.15, 0.2) is 6.61 Å². The second-order valence-electron chi connectivity index (χ2n) is 5.16. The van der Waals surface area contributed by atoms with E-state index in [4.69, 9.17) is 10.5 Å². The molecule has 1 saturated heterocycles. The number of likely N-dealkylation sites (tertiary alicyclic amines) is 1. The van der Waals surface area contributed by atoms with Crippen LogP contribution < -0.4 is 21.1 Å². The smallest absolute Gasteiger partial charge is 0.262 e. The first kappa shape index (κ1) is 12.1. The zero-order valence-corrected chi connectivity index (χ0v) is 10.9. The third-order valence-electron chi connectivity index (χ3n) is 3.54. The van der Waals surface area contributed by atoms with Gasteiger partial charge in [-0.25, -0.2) is 0 Å². The van der Waals surface area contributed by atoms with E-state index in [0.29, 0.717) is 23.2 Å². The van der Waals surface area contributed by atoms with Crippen LogP contribution in [0, 0.1) is 0 Å². The number of hydrogen-bond acceptors (Lipinski definition) is 5. The lowest BCUT2D eigenvalue weighted by atomic mass is 10.1. The highest BCUT2D eigenvalue weighted by atomic mass is 16.5. The molecule has 6 heteroatoms. The zero-order valence-electron chi connectivity index (χ0n) is 10.9. The number of amides is 1. The number of ether oxygens (including phenoxy) is 1. The Morgan fingerprint density at radius 3 is 3.11 bits per heavy atom. The van der Waals surface area contributed by atoms with E-state index in [1.54, 1.807) is 6.07 Å². The highest BCUT2D eigenvalue weighted by molar-refractivity contribution is 5.97. The Morgan fingerprint density at radius 2 is 2.37 bits per heavy atom. The minimum absolute atomic E-state index is 0.0482. The lowest BCUT2D eigenvalue weighted by Crippen LogP contribution is -2.27. The van der Waals surface area contributed by atoms with Crippen LogP contribution in [-0.2, 0) is 4.79 Å². The van der Waals surface area contributed by atoms with Crippen molar-refractivity contribution in [3.05, 3.63) is 12.1 Å². The molecule has 3 rings (SSSR count). The molecule has 2 aliphatic rings. The first-order valence-electron chi connectivity index (χ1n) is 6.43. The van der Waals surface area contributed by atoms with Gasteiger partial charge in [-0.3, -0.25) is 4.79 Å². The summed E-state index contributed by atoms with van der Waals surface area (Å²) in [5.74, 6) is 0.495.